The second-order valence-corrected chi connectivity index (χ2v) is 7.18. The first-order chi connectivity index (χ1) is 10.1. The number of halogens is 1. The van der Waals surface area contributed by atoms with E-state index in [2.05, 4.69) is 15.5 Å². The van der Waals surface area contributed by atoms with Crippen molar-refractivity contribution in [2.45, 2.75) is 13.0 Å². The van der Waals surface area contributed by atoms with Crippen LogP contribution < -0.4 is 5.32 Å². The van der Waals surface area contributed by atoms with Gasteiger partial charge in [0.25, 0.3) is 5.91 Å². The summed E-state index contributed by atoms with van der Waals surface area (Å²) in [6.45, 7) is 1.92. The van der Waals surface area contributed by atoms with E-state index >= 15 is 0 Å². The standard InChI is InChI=1S/C14H12ClN3OS2/c1-8(11-4-5-13(15)21-11)16-14(19)10-7-9(17-18-10)12-3-2-6-20-12/h2-8H,1H3,(H,16,19)(H,17,18). The molecule has 108 valence electrons. The van der Waals surface area contributed by atoms with E-state index in [1.54, 1.807) is 17.4 Å². The predicted octanol–water partition coefficient (Wildman–Crippen LogP) is 4.34. The molecule has 3 rings (SSSR count). The number of nitrogens with one attached hydrogen (secondary N) is 2. The van der Waals surface area contributed by atoms with Gasteiger partial charge in [-0.15, -0.1) is 22.7 Å². The van der Waals surface area contributed by atoms with Crippen LogP contribution in [0.15, 0.2) is 35.7 Å². The fourth-order valence-electron chi connectivity index (χ4n) is 1.90. The van der Waals surface area contributed by atoms with Crippen molar-refractivity contribution < 1.29 is 4.79 Å². The molecule has 7 heteroatoms. The second kappa shape index (κ2) is 6.01. The van der Waals surface area contributed by atoms with Gasteiger partial charge in [0.1, 0.15) is 0 Å². The highest BCUT2D eigenvalue weighted by atomic mass is 35.5. The molecule has 21 heavy (non-hydrogen) atoms. The van der Waals surface area contributed by atoms with Crippen LogP contribution in [0.2, 0.25) is 4.34 Å². The molecule has 3 aromatic heterocycles. The average Bonchev–Trinajstić information content (AvgIpc) is 3.19. The zero-order valence-corrected chi connectivity index (χ0v) is 13.5. The fraction of sp³-hybridized carbons (Fsp3) is 0.143. The first kappa shape index (κ1) is 14.3. The summed E-state index contributed by atoms with van der Waals surface area (Å²) in [5, 5.41) is 11.9. The molecule has 0 bridgehead atoms. The van der Waals surface area contributed by atoms with Gasteiger partial charge < -0.3 is 5.32 Å². The number of nitrogens with zero attached hydrogens (tertiary/aromatic N) is 1. The van der Waals surface area contributed by atoms with Crippen molar-refractivity contribution in [1.82, 2.24) is 15.5 Å². The maximum atomic E-state index is 12.2. The van der Waals surface area contributed by atoms with Crippen LogP contribution in [0.3, 0.4) is 0 Å². The lowest BCUT2D eigenvalue weighted by Crippen LogP contribution is -2.26. The molecule has 0 aliphatic rings. The number of aromatic amines is 1. The van der Waals surface area contributed by atoms with Gasteiger partial charge >= 0.3 is 0 Å². The van der Waals surface area contributed by atoms with Gasteiger partial charge in [0.2, 0.25) is 0 Å². The Balaban J connectivity index is 1.71. The van der Waals surface area contributed by atoms with Crippen LogP contribution in [-0.4, -0.2) is 16.1 Å². The van der Waals surface area contributed by atoms with Gasteiger partial charge in [-0.25, -0.2) is 0 Å². The first-order valence-electron chi connectivity index (χ1n) is 6.29. The zero-order valence-electron chi connectivity index (χ0n) is 11.1. The van der Waals surface area contributed by atoms with Gasteiger partial charge in [-0.05, 0) is 36.6 Å². The smallest absolute Gasteiger partial charge is 0.272 e. The largest absolute Gasteiger partial charge is 0.343 e. The third-order valence-electron chi connectivity index (χ3n) is 2.97. The number of carbonyl (C=O) groups is 1. The highest BCUT2D eigenvalue weighted by molar-refractivity contribution is 7.16. The van der Waals surface area contributed by atoms with E-state index in [1.165, 1.54) is 11.3 Å². The Morgan fingerprint density at radius 3 is 2.95 bits per heavy atom. The molecule has 0 spiro atoms. The second-order valence-electron chi connectivity index (χ2n) is 4.48. The zero-order chi connectivity index (χ0) is 14.8. The van der Waals surface area contributed by atoms with Crippen LogP contribution >= 0.6 is 34.3 Å². The van der Waals surface area contributed by atoms with E-state index in [0.717, 1.165) is 15.4 Å². The third kappa shape index (κ3) is 3.18. The average molecular weight is 338 g/mol. The lowest BCUT2D eigenvalue weighted by molar-refractivity contribution is 0.0935. The maximum absolute atomic E-state index is 12.2. The molecule has 1 unspecified atom stereocenters. The fourth-order valence-corrected chi connectivity index (χ4v) is 3.65. The molecule has 0 saturated heterocycles. The molecule has 3 heterocycles. The minimum Gasteiger partial charge on any atom is -0.343 e. The summed E-state index contributed by atoms with van der Waals surface area (Å²) in [7, 11) is 0. The quantitative estimate of drug-likeness (QED) is 0.743. The molecule has 0 aromatic carbocycles. The van der Waals surface area contributed by atoms with E-state index in [-0.39, 0.29) is 11.9 Å². The molecule has 1 atom stereocenters. The summed E-state index contributed by atoms with van der Waals surface area (Å²) in [4.78, 5) is 14.3. The summed E-state index contributed by atoms with van der Waals surface area (Å²) in [6.07, 6.45) is 0. The van der Waals surface area contributed by atoms with Gasteiger partial charge in [0.15, 0.2) is 5.69 Å². The molecule has 0 aliphatic heterocycles. The Labute approximate surface area is 134 Å². The minimum absolute atomic E-state index is 0.100. The molecule has 2 N–H and O–H groups in total. The molecule has 0 radical (unpaired) electrons. The van der Waals surface area contributed by atoms with Crippen LogP contribution in [-0.2, 0) is 0 Å². The van der Waals surface area contributed by atoms with Crippen molar-refractivity contribution in [3.8, 4) is 10.6 Å². The Morgan fingerprint density at radius 2 is 2.29 bits per heavy atom. The summed E-state index contributed by atoms with van der Waals surface area (Å²) in [5.74, 6) is -0.203. The number of hydrogen-bond donors (Lipinski definition) is 2. The van der Waals surface area contributed by atoms with Crippen molar-refractivity contribution in [2.75, 3.05) is 0 Å². The molecule has 3 aromatic rings. The Morgan fingerprint density at radius 1 is 1.43 bits per heavy atom. The summed E-state index contributed by atoms with van der Waals surface area (Å²) < 4.78 is 0.714. The van der Waals surface area contributed by atoms with Crippen LogP contribution in [0.4, 0.5) is 0 Å². The van der Waals surface area contributed by atoms with Crippen LogP contribution in [0, 0.1) is 0 Å². The van der Waals surface area contributed by atoms with Gasteiger partial charge in [0.05, 0.1) is 20.9 Å². The van der Waals surface area contributed by atoms with Crippen LogP contribution in [0.25, 0.3) is 10.6 Å². The van der Waals surface area contributed by atoms with Crippen molar-refractivity contribution in [3.63, 3.8) is 0 Å². The van der Waals surface area contributed by atoms with E-state index < -0.39 is 0 Å². The van der Waals surface area contributed by atoms with E-state index in [9.17, 15) is 4.79 Å². The summed E-state index contributed by atoms with van der Waals surface area (Å²) in [6, 6.07) is 9.35. The predicted molar refractivity (Wildman–Crippen MR) is 87.1 cm³/mol. The lowest BCUT2D eigenvalue weighted by atomic mass is 10.2. The van der Waals surface area contributed by atoms with Gasteiger partial charge in [0, 0.05) is 4.88 Å². The SMILES string of the molecule is CC(NC(=O)c1cc(-c2cccs2)[nH]n1)c1ccc(Cl)s1. The topological polar surface area (TPSA) is 57.8 Å². The van der Waals surface area contributed by atoms with Gasteiger partial charge in [-0.1, -0.05) is 17.7 Å². The summed E-state index contributed by atoms with van der Waals surface area (Å²) in [5.41, 5.74) is 1.23. The monoisotopic (exact) mass is 337 g/mol. The van der Waals surface area contributed by atoms with Gasteiger partial charge in [-0.3, -0.25) is 9.89 Å². The molecular formula is C14H12ClN3OS2. The van der Waals surface area contributed by atoms with Crippen LogP contribution in [0.5, 0.6) is 0 Å². The molecule has 4 nitrogen and oxygen atoms in total. The first-order valence-corrected chi connectivity index (χ1v) is 8.36. The van der Waals surface area contributed by atoms with Crippen molar-refractivity contribution in [3.05, 3.63) is 50.6 Å². The third-order valence-corrected chi connectivity index (χ3v) is 5.28. The Bertz CT molecular complexity index is 748. The molecule has 0 aliphatic carbocycles. The molecular weight excluding hydrogens is 326 g/mol. The highest BCUT2D eigenvalue weighted by Gasteiger charge is 2.16. The normalized spacial score (nSPS) is 12.3. The highest BCUT2D eigenvalue weighted by Crippen LogP contribution is 2.27. The number of H-pyrrole nitrogens is 1. The van der Waals surface area contributed by atoms with Crippen molar-refractivity contribution in [1.29, 1.82) is 0 Å². The number of rotatable bonds is 4. The number of hydrogen-bond acceptors (Lipinski definition) is 4. The van der Waals surface area contributed by atoms with Gasteiger partial charge in [-0.2, -0.15) is 5.10 Å². The van der Waals surface area contributed by atoms with E-state index in [0.29, 0.717) is 10.0 Å². The van der Waals surface area contributed by atoms with Crippen molar-refractivity contribution >= 4 is 40.2 Å². The number of amides is 1. The Hall–Kier alpha value is -1.63. The maximum Gasteiger partial charge on any atom is 0.272 e. The molecule has 0 fully saturated rings. The van der Waals surface area contributed by atoms with Crippen molar-refractivity contribution in [2.24, 2.45) is 0 Å². The summed E-state index contributed by atoms with van der Waals surface area (Å²) >= 11 is 8.97. The number of thiophene rings is 2. The van der Waals surface area contributed by atoms with E-state index in [4.69, 9.17) is 11.6 Å². The Kier molecular flexibility index (Phi) is 4.10. The molecule has 1 amide bonds. The number of aromatic nitrogens is 2. The van der Waals surface area contributed by atoms with Crippen LogP contribution in [0.1, 0.15) is 28.3 Å². The number of carbonyl (C=O) groups excluding carboxylic acids is 1. The van der Waals surface area contributed by atoms with E-state index in [1.807, 2.05) is 36.6 Å². The lowest BCUT2D eigenvalue weighted by Gasteiger charge is -2.10. The minimum atomic E-state index is -0.203. The molecule has 0 saturated carbocycles.